The van der Waals surface area contributed by atoms with E-state index >= 15 is 0 Å². The largest absolute Gasteiger partial charge is 0.508 e. The van der Waals surface area contributed by atoms with Crippen LogP contribution in [-0.4, -0.2) is 43.4 Å². The van der Waals surface area contributed by atoms with Gasteiger partial charge in [0.1, 0.15) is 11.5 Å². The maximum Gasteiger partial charge on any atom is 0.161 e. The number of hydrogen-bond acceptors (Lipinski definition) is 6. The Balaban J connectivity index is 2.09. The van der Waals surface area contributed by atoms with E-state index in [1.54, 1.807) is 28.9 Å². The quantitative estimate of drug-likeness (QED) is 0.541. The number of benzene rings is 2. The number of aromatic nitrogens is 2. The first kappa shape index (κ1) is 17.6. The van der Waals surface area contributed by atoms with Crippen molar-refractivity contribution < 1.29 is 25.2 Å². The molecule has 3 rings (SSSR count). The third-order valence-corrected chi connectivity index (χ3v) is 3.90. The highest BCUT2D eigenvalue weighted by molar-refractivity contribution is 5.74. The summed E-state index contributed by atoms with van der Waals surface area (Å²) in [6, 6.07) is 11.0. The Kier molecular flexibility index (Phi) is 4.99. The SMILES string of the molecule is CCOc1cc(-c2cc(-c3ccc(O)cc3O)nn2CCO)ccc1O. The summed E-state index contributed by atoms with van der Waals surface area (Å²) in [6.07, 6.45) is 0. The molecule has 0 radical (unpaired) electrons. The van der Waals surface area contributed by atoms with Gasteiger partial charge in [-0.05, 0) is 43.3 Å². The molecule has 0 aliphatic carbocycles. The molecule has 7 heteroatoms. The molecule has 3 aromatic rings. The average molecular weight is 356 g/mol. The molecule has 4 N–H and O–H groups in total. The van der Waals surface area contributed by atoms with E-state index < -0.39 is 0 Å². The Morgan fingerprint density at radius 1 is 1.00 bits per heavy atom. The van der Waals surface area contributed by atoms with Gasteiger partial charge in [0, 0.05) is 17.2 Å². The van der Waals surface area contributed by atoms with Crippen molar-refractivity contribution in [2.45, 2.75) is 13.5 Å². The second kappa shape index (κ2) is 7.37. The highest BCUT2D eigenvalue weighted by Crippen LogP contribution is 2.36. The summed E-state index contributed by atoms with van der Waals surface area (Å²) in [7, 11) is 0. The Morgan fingerprint density at radius 3 is 2.50 bits per heavy atom. The summed E-state index contributed by atoms with van der Waals surface area (Å²) in [5.74, 6) is 0.267. The van der Waals surface area contributed by atoms with Crippen LogP contribution in [0.2, 0.25) is 0 Å². The number of phenols is 3. The molecule has 2 aromatic carbocycles. The summed E-state index contributed by atoms with van der Waals surface area (Å²) in [6.45, 7) is 2.40. The first-order valence-electron chi connectivity index (χ1n) is 8.20. The zero-order valence-corrected chi connectivity index (χ0v) is 14.3. The van der Waals surface area contributed by atoms with Gasteiger partial charge in [-0.2, -0.15) is 5.10 Å². The predicted octanol–water partition coefficient (Wildman–Crippen LogP) is 2.72. The maximum atomic E-state index is 10.1. The summed E-state index contributed by atoms with van der Waals surface area (Å²) in [5, 5.41) is 43.2. The molecule has 1 heterocycles. The standard InChI is InChI=1S/C19H20N2O5/c1-2-26-19-9-12(3-6-17(19)24)16-11-15(20-21(16)7-8-22)14-5-4-13(23)10-18(14)25/h3-6,9-11,22-25H,2,7-8H2,1H3. The maximum absolute atomic E-state index is 10.1. The normalized spacial score (nSPS) is 10.8. The topological polar surface area (TPSA) is 108 Å². The Morgan fingerprint density at radius 2 is 1.81 bits per heavy atom. The molecular weight excluding hydrogens is 336 g/mol. The van der Waals surface area contributed by atoms with Gasteiger partial charge in [-0.1, -0.05) is 0 Å². The lowest BCUT2D eigenvalue weighted by molar-refractivity contribution is 0.270. The molecule has 0 saturated heterocycles. The molecule has 7 nitrogen and oxygen atoms in total. The molecule has 26 heavy (non-hydrogen) atoms. The van der Waals surface area contributed by atoms with Crippen LogP contribution < -0.4 is 4.74 Å². The van der Waals surface area contributed by atoms with E-state index in [-0.39, 0.29) is 30.4 Å². The van der Waals surface area contributed by atoms with Crippen molar-refractivity contribution >= 4 is 0 Å². The van der Waals surface area contributed by atoms with Crippen LogP contribution in [0.4, 0.5) is 0 Å². The number of ether oxygens (including phenoxy) is 1. The van der Waals surface area contributed by atoms with Crippen LogP contribution in [-0.2, 0) is 6.54 Å². The van der Waals surface area contributed by atoms with Crippen molar-refractivity contribution in [3.8, 4) is 45.5 Å². The lowest BCUT2D eigenvalue weighted by Crippen LogP contribution is -2.06. The molecule has 0 amide bonds. The Hall–Kier alpha value is -3.19. The molecule has 0 spiro atoms. The first-order valence-corrected chi connectivity index (χ1v) is 8.20. The van der Waals surface area contributed by atoms with Crippen molar-refractivity contribution in [3.05, 3.63) is 42.5 Å². The minimum absolute atomic E-state index is 0.0406. The zero-order chi connectivity index (χ0) is 18.7. The molecule has 0 aliphatic rings. The fourth-order valence-corrected chi connectivity index (χ4v) is 2.73. The summed E-state index contributed by atoms with van der Waals surface area (Å²) >= 11 is 0. The first-order chi connectivity index (χ1) is 12.5. The fraction of sp³-hybridized carbons (Fsp3) is 0.211. The second-order valence-corrected chi connectivity index (χ2v) is 5.68. The van der Waals surface area contributed by atoms with Gasteiger partial charge in [-0.3, -0.25) is 4.68 Å². The van der Waals surface area contributed by atoms with Gasteiger partial charge in [0.25, 0.3) is 0 Å². The number of aliphatic hydroxyl groups excluding tert-OH is 1. The minimum atomic E-state index is -0.105. The highest BCUT2D eigenvalue weighted by Gasteiger charge is 2.16. The van der Waals surface area contributed by atoms with Crippen molar-refractivity contribution in [1.29, 1.82) is 0 Å². The number of aromatic hydroxyl groups is 3. The third-order valence-electron chi connectivity index (χ3n) is 3.90. The van der Waals surface area contributed by atoms with Crippen LogP contribution in [0.15, 0.2) is 42.5 Å². The van der Waals surface area contributed by atoms with Gasteiger partial charge in [-0.25, -0.2) is 0 Å². The predicted molar refractivity (Wildman–Crippen MR) is 96.3 cm³/mol. The number of hydrogen-bond donors (Lipinski definition) is 4. The van der Waals surface area contributed by atoms with Gasteiger partial charge >= 0.3 is 0 Å². The van der Waals surface area contributed by atoms with Crippen molar-refractivity contribution in [1.82, 2.24) is 9.78 Å². The number of phenolic OH excluding ortho intramolecular Hbond substituents is 3. The third kappa shape index (κ3) is 3.43. The molecule has 0 bridgehead atoms. The average Bonchev–Trinajstić information content (AvgIpc) is 3.01. The van der Waals surface area contributed by atoms with E-state index in [1.165, 1.54) is 18.2 Å². The monoisotopic (exact) mass is 356 g/mol. The summed E-state index contributed by atoms with van der Waals surface area (Å²) in [4.78, 5) is 0. The molecular formula is C19H20N2O5. The van der Waals surface area contributed by atoms with Crippen molar-refractivity contribution in [3.63, 3.8) is 0 Å². The van der Waals surface area contributed by atoms with E-state index in [1.807, 2.05) is 6.92 Å². The van der Waals surface area contributed by atoms with E-state index in [0.29, 0.717) is 29.3 Å². The molecule has 0 unspecified atom stereocenters. The fourth-order valence-electron chi connectivity index (χ4n) is 2.73. The molecule has 136 valence electrons. The molecule has 1 aromatic heterocycles. The smallest absolute Gasteiger partial charge is 0.161 e. The number of rotatable bonds is 6. The Labute approximate surface area is 150 Å². The lowest BCUT2D eigenvalue weighted by Gasteiger charge is -2.09. The van der Waals surface area contributed by atoms with Crippen molar-refractivity contribution in [2.75, 3.05) is 13.2 Å². The van der Waals surface area contributed by atoms with E-state index in [9.17, 15) is 20.4 Å². The van der Waals surface area contributed by atoms with E-state index in [0.717, 1.165) is 5.56 Å². The minimum Gasteiger partial charge on any atom is -0.508 e. The lowest BCUT2D eigenvalue weighted by atomic mass is 10.1. The van der Waals surface area contributed by atoms with Gasteiger partial charge in [-0.15, -0.1) is 0 Å². The summed E-state index contributed by atoms with van der Waals surface area (Å²) in [5.41, 5.74) is 2.40. The van der Waals surface area contributed by atoms with Crippen LogP contribution in [0.25, 0.3) is 22.5 Å². The highest BCUT2D eigenvalue weighted by atomic mass is 16.5. The van der Waals surface area contributed by atoms with Crippen molar-refractivity contribution in [2.24, 2.45) is 0 Å². The second-order valence-electron chi connectivity index (χ2n) is 5.68. The van der Waals surface area contributed by atoms with E-state index in [2.05, 4.69) is 5.10 Å². The number of aliphatic hydroxyl groups is 1. The van der Waals surface area contributed by atoms with Gasteiger partial charge in [0.05, 0.1) is 31.1 Å². The van der Waals surface area contributed by atoms with Gasteiger partial charge < -0.3 is 25.2 Å². The van der Waals surface area contributed by atoms with Gasteiger partial charge in [0.2, 0.25) is 0 Å². The van der Waals surface area contributed by atoms with E-state index in [4.69, 9.17) is 4.74 Å². The summed E-state index contributed by atoms with van der Waals surface area (Å²) < 4.78 is 7.04. The molecule has 0 aliphatic heterocycles. The van der Waals surface area contributed by atoms with Gasteiger partial charge in [0.15, 0.2) is 11.5 Å². The van der Waals surface area contributed by atoms with Crippen LogP contribution in [0.3, 0.4) is 0 Å². The van der Waals surface area contributed by atoms with Crippen LogP contribution >= 0.6 is 0 Å². The molecule has 0 atom stereocenters. The van der Waals surface area contributed by atoms with Crippen LogP contribution in [0.1, 0.15) is 6.92 Å². The molecule has 0 saturated carbocycles. The van der Waals surface area contributed by atoms with Crippen LogP contribution in [0.5, 0.6) is 23.0 Å². The zero-order valence-electron chi connectivity index (χ0n) is 14.3. The number of nitrogens with zero attached hydrogens (tertiary/aromatic N) is 2. The van der Waals surface area contributed by atoms with Crippen LogP contribution in [0, 0.1) is 0 Å². The Bertz CT molecular complexity index is 920. The molecule has 0 fully saturated rings.